The monoisotopic (exact) mass is 315 g/mol. The van der Waals surface area contributed by atoms with Crippen molar-refractivity contribution >= 4 is 5.91 Å². The van der Waals surface area contributed by atoms with Gasteiger partial charge in [0.15, 0.2) is 12.2 Å². The van der Waals surface area contributed by atoms with Crippen LogP contribution in [0.2, 0.25) is 0 Å². The topological polar surface area (TPSA) is 67.6 Å². The predicted molar refractivity (Wildman–Crippen MR) is 86.1 cm³/mol. The third-order valence-corrected chi connectivity index (χ3v) is 3.87. The van der Waals surface area contributed by atoms with Crippen molar-refractivity contribution in [1.82, 2.24) is 15.2 Å². The lowest BCUT2D eigenvalue weighted by atomic mass is 10.1. The Bertz CT molecular complexity index is 620. The van der Waals surface area contributed by atoms with Gasteiger partial charge in [0.25, 0.3) is 5.91 Å². The van der Waals surface area contributed by atoms with Gasteiger partial charge in [-0.05, 0) is 18.6 Å². The number of hydrogen-bond acceptors (Lipinski definition) is 5. The standard InChI is InChI=1S/C17H21N3O3/c21-17(19-5-7-20-6-2-9-22-10-8-20)15-4-1-3-14(11-15)16-12-18-13-23-16/h1,3-4,11-13H,2,5-10H2,(H,19,21). The molecule has 23 heavy (non-hydrogen) atoms. The number of nitrogens with zero attached hydrogens (tertiary/aromatic N) is 2. The van der Waals surface area contributed by atoms with E-state index in [9.17, 15) is 4.79 Å². The molecule has 3 rings (SSSR count). The van der Waals surface area contributed by atoms with Gasteiger partial charge in [0.05, 0.1) is 12.8 Å². The molecule has 0 unspecified atom stereocenters. The molecule has 1 amide bonds. The number of carbonyl (C=O) groups is 1. The number of aromatic nitrogens is 1. The summed E-state index contributed by atoms with van der Waals surface area (Å²) in [5, 5.41) is 2.97. The van der Waals surface area contributed by atoms with E-state index in [-0.39, 0.29) is 5.91 Å². The van der Waals surface area contributed by atoms with Crippen molar-refractivity contribution in [3.8, 4) is 11.3 Å². The SMILES string of the molecule is O=C(NCCN1CCCOCC1)c1cccc(-c2cnco2)c1. The van der Waals surface area contributed by atoms with Gasteiger partial charge < -0.3 is 14.5 Å². The van der Waals surface area contributed by atoms with Gasteiger partial charge in [0.1, 0.15) is 0 Å². The first-order valence-electron chi connectivity index (χ1n) is 7.90. The van der Waals surface area contributed by atoms with Crippen molar-refractivity contribution in [2.45, 2.75) is 6.42 Å². The van der Waals surface area contributed by atoms with E-state index in [1.54, 1.807) is 12.3 Å². The van der Waals surface area contributed by atoms with Gasteiger partial charge in [-0.25, -0.2) is 4.98 Å². The highest BCUT2D eigenvalue weighted by molar-refractivity contribution is 5.95. The summed E-state index contributed by atoms with van der Waals surface area (Å²) in [6.07, 6.45) is 4.07. The second-order valence-corrected chi connectivity index (χ2v) is 5.51. The summed E-state index contributed by atoms with van der Waals surface area (Å²) >= 11 is 0. The Morgan fingerprint density at radius 1 is 1.30 bits per heavy atom. The smallest absolute Gasteiger partial charge is 0.251 e. The minimum Gasteiger partial charge on any atom is -0.444 e. The Kier molecular flexibility index (Phi) is 5.39. The number of hydrogen-bond donors (Lipinski definition) is 1. The Morgan fingerprint density at radius 3 is 3.13 bits per heavy atom. The molecule has 1 aliphatic rings. The van der Waals surface area contributed by atoms with Gasteiger partial charge in [0.2, 0.25) is 0 Å². The van der Waals surface area contributed by atoms with Gasteiger partial charge in [0, 0.05) is 43.9 Å². The zero-order valence-corrected chi connectivity index (χ0v) is 13.0. The summed E-state index contributed by atoms with van der Waals surface area (Å²) < 4.78 is 10.7. The fraction of sp³-hybridized carbons (Fsp3) is 0.412. The summed E-state index contributed by atoms with van der Waals surface area (Å²) in [4.78, 5) is 18.5. The van der Waals surface area contributed by atoms with E-state index in [1.165, 1.54) is 6.39 Å². The average Bonchev–Trinajstić information content (AvgIpc) is 3.00. The average molecular weight is 315 g/mol. The number of rotatable bonds is 5. The second-order valence-electron chi connectivity index (χ2n) is 5.51. The second kappa shape index (κ2) is 7.89. The Labute approximate surface area is 135 Å². The summed E-state index contributed by atoms with van der Waals surface area (Å²) in [5.74, 6) is 0.585. The molecule has 0 spiro atoms. The number of carbonyl (C=O) groups excluding carboxylic acids is 1. The van der Waals surface area contributed by atoms with Gasteiger partial charge in [-0.1, -0.05) is 12.1 Å². The summed E-state index contributed by atoms with van der Waals surface area (Å²) in [6, 6.07) is 7.36. The lowest BCUT2D eigenvalue weighted by Gasteiger charge is -2.19. The molecular formula is C17H21N3O3. The molecule has 2 aromatic rings. The predicted octanol–water partition coefficient (Wildman–Crippen LogP) is 1.79. The molecule has 0 aliphatic carbocycles. The first-order chi connectivity index (χ1) is 11.3. The van der Waals surface area contributed by atoms with Crippen LogP contribution >= 0.6 is 0 Å². The number of nitrogens with one attached hydrogen (secondary N) is 1. The molecule has 0 atom stereocenters. The molecule has 1 fully saturated rings. The molecule has 6 nitrogen and oxygen atoms in total. The molecule has 0 radical (unpaired) electrons. The third kappa shape index (κ3) is 4.40. The minimum absolute atomic E-state index is 0.0718. The maximum absolute atomic E-state index is 12.3. The number of oxazole rings is 1. The Morgan fingerprint density at radius 2 is 2.26 bits per heavy atom. The highest BCUT2D eigenvalue weighted by atomic mass is 16.5. The molecule has 1 aromatic heterocycles. The molecule has 0 saturated carbocycles. The molecule has 6 heteroatoms. The van der Waals surface area contributed by atoms with E-state index in [0.29, 0.717) is 17.9 Å². The van der Waals surface area contributed by atoms with Gasteiger partial charge >= 0.3 is 0 Å². The largest absolute Gasteiger partial charge is 0.444 e. The van der Waals surface area contributed by atoms with Crippen LogP contribution in [0.1, 0.15) is 16.8 Å². The lowest BCUT2D eigenvalue weighted by Crippen LogP contribution is -2.36. The molecule has 122 valence electrons. The van der Waals surface area contributed by atoms with Crippen LogP contribution in [0.4, 0.5) is 0 Å². The van der Waals surface area contributed by atoms with Crippen LogP contribution in [-0.2, 0) is 4.74 Å². The van der Waals surface area contributed by atoms with Crippen LogP contribution in [-0.4, -0.2) is 55.2 Å². The molecular weight excluding hydrogens is 294 g/mol. The van der Waals surface area contributed by atoms with Crippen LogP contribution < -0.4 is 5.32 Å². The fourth-order valence-corrected chi connectivity index (χ4v) is 2.62. The van der Waals surface area contributed by atoms with Crippen LogP contribution in [0.5, 0.6) is 0 Å². The fourth-order valence-electron chi connectivity index (χ4n) is 2.62. The number of amides is 1. The molecule has 1 N–H and O–H groups in total. The highest BCUT2D eigenvalue weighted by Crippen LogP contribution is 2.19. The van der Waals surface area contributed by atoms with E-state index in [2.05, 4.69) is 15.2 Å². The normalized spacial score (nSPS) is 16.0. The van der Waals surface area contributed by atoms with E-state index in [4.69, 9.17) is 9.15 Å². The van der Waals surface area contributed by atoms with Crippen molar-refractivity contribution < 1.29 is 13.9 Å². The third-order valence-electron chi connectivity index (χ3n) is 3.87. The van der Waals surface area contributed by atoms with Gasteiger partial charge in [-0.15, -0.1) is 0 Å². The van der Waals surface area contributed by atoms with Crippen LogP contribution in [0.3, 0.4) is 0 Å². The van der Waals surface area contributed by atoms with E-state index >= 15 is 0 Å². The zero-order valence-electron chi connectivity index (χ0n) is 13.0. The molecule has 1 saturated heterocycles. The van der Waals surface area contributed by atoms with Crippen molar-refractivity contribution in [3.63, 3.8) is 0 Å². The first kappa shape index (κ1) is 15.7. The summed E-state index contributed by atoms with van der Waals surface area (Å²) in [5.41, 5.74) is 1.47. The summed E-state index contributed by atoms with van der Waals surface area (Å²) in [7, 11) is 0. The maximum atomic E-state index is 12.3. The lowest BCUT2D eigenvalue weighted by molar-refractivity contribution is 0.0947. The zero-order chi connectivity index (χ0) is 15.9. The Hall–Kier alpha value is -2.18. The Balaban J connectivity index is 1.53. The number of benzene rings is 1. The van der Waals surface area contributed by atoms with E-state index in [0.717, 1.165) is 44.8 Å². The van der Waals surface area contributed by atoms with Crippen molar-refractivity contribution in [2.24, 2.45) is 0 Å². The van der Waals surface area contributed by atoms with Crippen molar-refractivity contribution in [2.75, 3.05) is 39.4 Å². The van der Waals surface area contributed by atoms with Crippen LogP contribution in [0.25, 0.3) is 11.3 Å². The van der Waals surface area contributed by atoms with Crippen LogP contribution in [0, 0.1) is 0 Å². The van der Waals surface area contributed by atoms with Gasteiger partial charge in [-0.3, -0.25) is 9.69 Å². The first-order valence-corrected chi connectivity index (χ1v) is 7.90. The van der Waals surface area contributed by atoms with Crippen molar-refractivity contribution in [3.05, 3.63) is 42.4 Å². The molecule has 1 aromatic carbocycles. The van der Waals surface area contributed by atoms with Crippen LogP contribution in [0.15, 0.2) is 41.3 Å². The maximum Gasteiger partial charge on any atom is 0.251 e. The quantitative estimate of drug-likeness (QED) is 0.911. The summed E-state index contributed by atoms with van der Waals surface area (Å²) in [6.45, 7) is 5.03. The molecule has 1 aliphatic heterocycles. The van der Waals surface area contributed by atoms with Gasteiger partial charge in [-0.2, -0.15) is 0 Å². The van der Waals surface area contributed by atoms with E-state index in [1.807, 2.05) is 18.2 Å². The molecule has 0 bridgehead atoms. The minimum atomic E-state index is -0.0718. The molecule has 2 heterocycles. The number of ether oxygens (including phenoxy) is 1. The van der Waals surface area contributed by atoms with E-state index < -0.39 is 0 Å². The van der Waals surface area contributed by atoms with Crippen molar-refractivity contribution in [1.29, 1.82) is 0 Å². The highest BCUT2D eigenvalue weighted by Gasteiger charge is 2.11.